The first kappa shape index (κ1) is 12.8. The number of nitriles is 1. The number of hydrogen-bond acceptors (Lipinski definition) is 4. The van der Waals surface area contributed by atoms with E-state index in [4.69, 9.17) is 5.26 Å². The van der Waals surface area contributed by atoms with Crippen LogP contribution in [0.15, 0.2) is 17.7 Å². The molecule has 100 valence electrons. The molecule has 0 saturated carbocycles. The molecule has 0 atom stereocenters. The van der Waals surface area contributed by atoms with Gasteiger partial charge < -0.3 is 0 Å². The number of allylic oxidation sites excluding steroid dienone is 3. The van der Waals surface area contributed by atoms with Crippen LogP contribution in [0.4, 0.5) is 0 Å². The second-order valence-electron chi connectivity index (χ2n) is 4.86. The zero-order chi connectivity index (χ0) is 14.3. The van der Waals surface area contributed by atoms with Crippen molar-refractivity contribution < 1.29 is 0 Å². The average molecular weight is 282 g/mol. The molecular formula is C15H14N4S. The Labute approximate surface area is 121 Å². The largest absolute Gasteiger partial charge is 0.219 e. The third-order valence-corrected chi connectivity index (χ3v) is 4.48. The lowest BCUT2D eigenvalue weighted by Crippen LogP contribution is -1.98. The minimum absolute atomic E-state index is 0.640. The molecule has 0 aliphatic heterocycles. The quantitative estimate of drug-likeness (QED) is 0.806. The first-order valence-electron chi connectivity index (χ1n) is 6.41. The highest BCUT2D eigenvalue weighted by molar-refractivity contribution is 7.14. The molecule has 2 heterocycles. The van der Waals surface area contributed by atoms with Crippen molar-refractivity contribution in [2.45, 2.75) is 27.2 Å². The second kappa shape index (κ2) is 4.73. The molecule has 0 saturated heterocycles. The number of nitrogens with zero attached hydrogens (tertiary/aromatic N) is 4. The molecule has 0 bridgehead atoms. The summed E-state index contributed by atoms with van der Waals surface area (Å²) >= 11 is 1.63. The average Bonchev–Trinajstić information content (AvgIpc) is 2.90. The Hall–Kier alpha value is -2.19. The van der Waals surface area contributed by atoms with E-state index in [9.17, 15) is 0 Å². The van der Waals surface area contributed by atoms with Crippen molar-refractivity contribution in [1.82, 2.24) is 14.8 Å². The monoisotopic (exact) mass is 282 g/mol. The van der Waals surface area contributed by atoms with Gasteiger partial charge in [0.25, 0.3) is 0 Å². The summed E-state index contributed by atoms with van der Waals surface area (Å²) in [5.41, 5.74) is 4.51. The van der Waals surface area contributed by atoms with E-state index in [0.29, 0.717) is 5.56 Å². The van der Waals surface area contributed by atoms with Gasteiger partial charge in [-0.25, -0.2) is 9.67 Å². The SMILES string of the molecule is CC1=CCc2sc(-n3nc(C)c(C#N)c3C)nc2C=C1. The molecule has 0 unspecified atom stereocenters. The molecule has 0 amide bonds. The number of aryl methyl sites for hydroxylation is 1. The molecule has 0 fully saturated rings. The van der Waals surface area contributed by atoms with E-state index in [2.05, 4.69) is 35.2 Å². The van der Waals surface area contributed by atoms with Crippen LogP contribution in [0.3, 0.4) is 0 Å². The third-order valence-electron chi connectivity index (χ3n) is 3.41. The van der Waals surface area contributed by atoms with E-state index in [0.717, 1.165) is 28.6 Å². The van der Waals surface area contributed by atoms with Crippen molar-refractivity contribution in [3.05, 3.63) is 45.2 Å². The fourth-order valence-electron chi connectivity index (χ4n) is 2.24. The highest BCUT2D eigenvalue weighted by atomic mass is 32.1. The van der Waals surface area contributed by atoms with Gasteiger partial charge in [-0.3, -0.25) is 0 Å². The lowest BCUT2D eigenvalue weighted by Gasteiger charge is -1.97. The Bertz CT molecular complexity index is 784. The fourth-order valence-corrected chi connectivity index (χ4v) is 3.25. The van der Waals surface area contributed by atoms with Gasteiger partial charge in [0, 0.05) is 11.3 Å². The zero-order valence-corrected chi connectivity index (χ0v) is 12.5. The smallest absolute Gasteiger partial charge is 0.211 e. The number of hydrogen-bond donors (Lipinski definition) is 0. The van der Waals surface area contributed by atoms with Crippen molar-refractivity contribution in [3.8, 4) is 11.2 Å². The molecule has 1 aliphatic carbocycles. The van der Waals surface area contributed by atoms with Crippen LogP contribution in [0.2, 0.25) is 0 Å². The van der Waals surface area contributed by atoms with Crippen molar-refractivity contribution in [2.75, 3.05) is 0 Å². The van der Waals surface area contributed by atoms with Gasteiger partial charge in [0.05, 0.1) is 22.6 Å². The second-order valence-corrected chi connectivity index (χ2v) is 5.92. The molecular weight excluding hydrogens is 268 g/mol. The highest BCUT2D eigenvalue weighted by Crippen LogP contribution is 2.28. The molecule has 20 heavy (non-hydrogen) atoms. The van der Waals surface area contributed by atoms with Gasteiger partial charge in [0.1, 0.15) is 6.07 Å². The number of fused-ring (bicyclic) bond motifs is 1. The van der Waals surface area contributed by atoms with Crippen LogP contribution in [-0.2, 0) is 6.42 Å². The third kappa shape index (κ3) is 1.98. The maximum atomic E-state index is 9.15. The zero-order valence-electron chi connectivity index (χ0n) is 11.6. The normalized spacial score (nSPS) is 13.6. The first-order chi connectivity index (χ1) is 9.60. The van der Waals surface area contributed by atoms with Crippen molar-refractivity contribution in [2.24, 2.45) is 0 Å². The van der Waals surface area contributed by atoms with Gasteiger partial charge in [0.2, 0.25) is 5.13 Å². The molecule has 0 aromatic carbocycles. The predicted octanol–water partition coefficient (Wildman–Crippen LogP) is 3.33. The van der Waals surface area contributed by atoms with Gasteiger partial charge >= 0.3 is 0 Å². The Morgan fingerprint density at radius 3 is 2.80 bits per heavy atom. The van der Waals surface area contributed by atoms with E-state index >= 15 is 0 Å². The summed E-state index contributed by atoms with van der Waals surface area (Å²) in [6.45, 7) is 5.85. The molecule has 4 nitrogen and oxygen atoms in total. The molecule has 1 aliphatic rings. The van der Waals surface area contributed by atoms with Crippen LogP contribution < -0.4 is 0 Å². The van der Waals surface area contributed by atoms with Crippen LogP contribution in [0, 0.1) is 25.2 Å². The maximum Gasteiger partial charge on any atom is 0.211 e. The van der Waals surface area contributed by atoms with Gasteiger partial charge in [-0.2, -0.15) is 10.4 Å². The summed E-state index contributed by atoms with van der Waals surface area (Å²) in [5.74, 6) is 0. The summed E-state index contributed by atoms with van der Waals surface area (Å²) in [4.78, 5) is 5.89. The van der Waals surface area contributed by atoms with Crippen LogP contribution in [0.5, 0.6) is 0 Å². The Balaban J connectivity index is 2.09. The molecule has 2 aromatic rings. The maximum absolute atomic E-state index is 9.15. The van der Waals surface area contributed by atoms with E-state index in [1.54, 1.807) is 16.0 Å². The van der Waals surface area contributed by atoms with Gasteiger partial charge in [-0.15, -0.1) is 0 Å². The number of thiazole rings is 1. The standard InChI is InChI=1S/C15H14N4S/c1-9-4-6-13-14(7-5-9)20-15(17-13)19-11(3)12(8-16)10(2)18-19/h4-6H,7H2,1-3H3. The summed E-state index contributed by atoms with van der Waals surface area (Å²) < 4.78 is 1.78. The lowest BCUT2D eigenvalue weighted by atomic mass is 10.2. The lowest BCUT2D eigenvalue weighted by molar-refractivity contribution is 0.824. The van der Waals surface area contributed by atoms with E-state index < -0.39 is 0 Å². The van der Waals surface area contributed by atoms with E-state index in [1.807, 2.05) is 19.9 Å². The Morgan fingerprint density at radius 1 is 1.30 bits per heavy atom. The summed E-state index contributed by atoms with van der Waals surface area (Å²) in [5, 5.41) is 14.4. The molecule has 2 aromatic heterocycles. The molecule has 0 N–H and O–H groups in total. The molecule has 3 rings (SSSR count). The van der Waals surface area contributed by atoms with Crippen molar-refractivity contribution in [1.29, 1.82) is 5.26 Å². The number of rotatable bonds is 1. The van der Waals surface area contributed by atoms with Crippen LogP contribution in [-0.4, -0.2) is 14.8 Å². The van der Waals surface area contributed by atoms with Crippen LogP contribution in [0.25, 0.3) is 11.2 Å². The Kier molecular flexibility index (Phi) is 3.03. The van der Waals surface area contributed by atoms with E-state index in [1.165, 1.54) is 10.5 Å². The summed E-state index contributed by atoms with van der Waals surface area (Å²) in [7, 11) is 0. The predicted molar refractivity (Wildman–Crippen MR) is 79.9 cm³/mol. The minimum atomic E-state index is 0.640. The highest BCUT2D eigenvalue weighted by Gasteiger charge is 2.17. The fraction of sp³-hybridized carbons (Fsp3) is 0.267. The van der Waals surface area contributed by atoms with Gasteiger partial charge in [-0.05, 0) is 26.8 Å². The van der Waals surface area contributed by atoms with Gasteiger partial charge in [0.15, 0.2) is 0 Å². The topological polar surface area (TPSA) is 54.5 Å². The van der Waals surface area contributed by atoms with Crippen LogP contribution >= 0.6 is 11.3 Å². The summed E-state index contributed by atoms with van der Waals surface area (Å²) in [6, 6.07) is 2.20. The number of aromatic nitrogens is 3. The van der Waals surface area contributed by atoms with E-state index in [-0.39, 0.29) is 0 Å². The minimum Gasteiger partial charge on any atom is -0.219 e. The van der Waals surface area contributed by atoms with Crippen molar-refractivity contribution in [3.63, 3.8) is 0 Å². The first-order valence-corrected chi connectivity index (χ1v) is 7.23. The van der Waals surface area contributed by atoms with Gasteiger partial charge in [-0.1, -0.05) is 29.1 Å². The van der Waals surface area contributed by atoms with Crippen molar-refractivity contribution >= 4 is 17.4 Å². The Morgan fingerprint density at radius 2 is 2.10 bits per heavy atom. The molecule has 0 spiro atoms. The summed E-state index contributed by atoms with van der Waals surface area (Å²) in [6.07, 6.45) is 7.23. The molecule has 5 heteroatoms. The molecule has 0 radical (unpaired) electrons. The van der Waals surface area contributed by atoms with Crippen LogP contribution in [0.1, 0.15) is 34.4 Å².